The average molecular weight is 513 g/mol. The standard InChI is InChI=1S/C20H15F3IN3O2/c21-13-5-4-12(18(17(13)23)26-15-6-3-11(24)8-14(15)22)19(28)27-9-20(29,10-27)16-2-1-7-25-16/h1-8,25-26,29H,9-10H2. The molecule has 0 radical (unpaired) electrons. The third kappa shape index (κ3) is 3.60. The van der Waals surface area contributed by atoms with Crippen LogP contribution >= 0.6 is 22.6 Å². The van der Waals surface area contributed by atoms with E-state index in [1.807, 2.05) is 22.6 Å². The Labute approximate surface area is 177 Å². The summed E-state index contributed by atoms with van der Waals surface area (Å²) in [5.41, 5.74) is -1.37. The second-order valence-electron chi connectivity index (χ2n) is 6.81. The van der Waals surface area contributed by atoms with Gasteiger partial charge < -0.3 is 20.3 Å². The lowest BCUT2D eigenvalue weighted by atomic mass is 9.89. The number of carbonyl (C=O) groups is 1. The van der Waals surface area contributed by atoms with Crippen LogP contribution in [0.1, 0.15) is 16.1 Å². The van der Waals surface area contributed by atoms with Crippen molar-refractivity contribution < 1.29 is 23.1 Å². The zero-order chi connectivity index (χ0) is 20.8. The van der Waals surface area contributed by atoms with Gasteiger partial charge >= 0.3 is 0 Å². The Kier molecular flexibility index (Phi) is 5.03. The van der Waals surface area contributed by atoms with Crippen molar-refractivity contribution in [2.45, 2.75) is 5.60 Å². The van der Waals surface area contributed by atoms with E-state index in [4.69, 9.17) is 0 Å². The molecule has 9 heteroatoms. The minimum Gasteiger partial charge on any atom is -0.380 e. The normalized spacial score (nSPS) is 15.1. The molecule has 0 bridgehead atoms. The van der Waals surface area contributed by atoms with Gasteiger partial charge in [0.05, 0.1) is 35.7 Å². The van der Waals surface area contributed by atoms with Gasteiger partial charge in [0, 0.05) is 9.77 Å². The first kappa shape index (κ1) is 19.8. The molecular weight excluding hydrogens is 498 g/mol. The highest BCUT2D eigenvalue weighted by Gasteiger charge is 2.46. The van der Waals surface area contributed by atoms with Gasteiger partial charge in [0.25, 0.3) is 5.91 Å². The Morgan fingerprint density at radius 2 is 1.90 bits per heavy atom. The predicted octanol–water partition coefficient (Wildman–Crippen LogP) is 4.12. The lowest BCUT2D eigenvalue weighted by Gasteiger charge is -2.46. The molecule has 0 atom stereocenters. The van der Waals surface area contributed by atoms with Gasteiger partial charge in [-0.15, -0.1) is 0 Å². The van der Waals surface area contributed by atoms with Gasteiger partial charge in [0.2, 0.25) is 0 Å². The molecule has 1 amide bonds. The third-order valence-electron chi connectivity index (χ3n) is 4.81. The number of rotatable bonds is 4. The highest BCUT2D eigenvalue weighted by molar-refractivity contribution is 14.1. The smallest absolute Gasteiger partial charge is 0.256 e. The number of amides is 1. The molecule has 1 aliphatic heterocycles. The topological polar surface area (TPSA) is 68.4 Å². The zero-order valence-electron chi connectivity index (χ0n) is 14.8. The molecule has 4 rings (SSSR count). The first-order chi connectivity index (χ1) is 13.8. The summed E-state index contributed by atoms with van der Waals surface area (Å²) in [6, 6.07) is 9.61. The fraction of sp³-hybridized carbons (Fsp3) is 0.150. The van der Waals surface area contributed by atoms with Crippen molar-refractivity contribution in [2.75, 3.05) is 18.4 Å². The van der Waals surface area contributed by atoms with Crippen LogP contribution in [0, 0.1) is 21.0 Å². The maximum absolute atomic E-state index is 14.5. The predicted molar refractivity (Wildman–Crippen MR) is 109 cm³/mol. The second kappa shape index (κ2) is 7.38. The van der Waals surface area contributed by atoms with E-state index in [0.29, 0.717) is 9.26 Å². The van der Waals surface area contributed by atoms with Crippen LogP contribution in [0.3, 0.4) is 0 Å². The van der Waals surface area contributed by atoms with E-state index in [9.17, 15) is 23.1 Å². The molecule has 1 aliphatic rings. The van der Waals surface area contributed by atoms with Gasteiger partial charge in [-0.3, -0.25) is 4.79 Å². The van der Waals surface area contributed by atoms with E-state index in [-0.39, 0.29) is 24.3 Å². The zero-order valence-corrected chi connectivity index (χ0v) is 17.0. The van der Waals surface area contributed by atoms with E-state index in [0.717, 1.165) is 12.1 Å². The lowest BCUT2D eigenvalue weighted by molar-refractivity contribution is -0.0888. The number of likely N-dealkylation sites (tertiary alicyclic amines) is 1. The van der Waals surface area contributed by atoms with Crippen LogP contribution in [0.25, 0.3) is 0 Å². The molecule has 1 saturated heterocycles. The van der Waals surface area contributed by atoms with Crippen LogP contribution in [-0.4, -0.2) is 34.0 Å². The number of aromatic amines is 1. The van der Waals surface area contributed by atoms with E-state index in [1.165, 1.54) is 17.0 Å². The molecule has 0 aliphatic carbocycles. The Morgan fingerprint density at radius 1 is 1.14 bits per heavy atom. The molecule has 2 aromatic carbocycles. The molecule has 0 saturated carbocycles. The van der Waals surface area contributed by atoms with E-state index < -0.39 is 34.6 Å². The largest absolute Gasteiger partial charge is 0.380 e. The number of β-amino-alcohol motifs (C(OH)–C–C–N with tert-alkyl or cyclic N) is 1. The second-order valence-corrected chi connectivity index (χ2v) is 8.06. The van der Waals surface area contributed by atoms with Crippen LogP contribution < -0.4 is 5.32 Å². The van der Waals surface area contributed by atoms with Crippen LogP contribution in [-0.2, 0) is 5.60 Å². The van der Waals surface area contributed by atoms with Gasteiger partial charge in [-0.2, -0.15) is 0 Å². The minimum atomic E-state index is -1.28. The summed E-state index contributed by atoms with van der Waals surface area (Å²) in [5.74, 6) is -3.71. The number of hydrogen-bond acceptors (Lipinski definition) is 3. The highest BCUT2D eigenvalue weighted by atomic mass is 127. The number of halogens is 4. The summed E-state index contributed by atoms with van der Waals surface area (Å²) in [4.78, 5) is 17.1. The number of hydrogen-bond donors (Lipinski definition) is 3. The molecule has 0 spiro atoms. The molecule has 1 fully saturated rings. The summed E-state index contributed by atoms with van der Waals surface area (Å²) in [6.07, 6.45) is 1.66. The lowest BCUT2D eigenvalue weighted by Crippen LogP contribution is -2.61. The van der Waals surface area contributed by atoms with Gasteiger partial charge in [-0.1, -0.05) is 0 Å². The van der Waals surface area contributed by atoms with E-state index >= 15 is 0 Å². The molecule has 3 aromatic rings. The van der Waals surface area contributed by atoms with Crippen LogP contribution in [0.4, 0.5) is 24.5 Å². The quantitative estimate of drug-likeness (QED) is 0.460. The first-order valence-electron chi connectivity index (χ1n) is 8.64. The first-order valence-corrected chi connectivity index (χ1v) is 9.72. The highest BCUT2D eigenvalue weighted by Crippen LogP contribution is 2.35. The average Bonchev–Trinajstić information content (AvgIpc) is 3.19. The molecular formula is C20H15F3IN3O2. The molecule has 0 unspecified atom stereocenters. The van der Waals surface area contributed by atoms with Gasteiger partial charge in [0.15, 0.2) is 11.6 Å². The van der Waals surface area contributed by atoms with Crippen molar-refractivity contribution in [3.63, 3.8) is 0 Å². The molecule has 2 heterocycles. The summed E-state index contributed by atoms with van der Waals surface area (Å²) < 4.78 is 43.1. The molecule has 3 N–H and O–H groups in total. The number of nitrogens with one attached hydrogen (secondary N) is 2. The fourth-order valence-corrected chi connectivity index (χ4v) is 3.72. The van der Waals surface area contributed by atoms with E-state index in [1.54, 1.807) is 24.4 Å². The fourth-order valence-electron chi connectivity index (χ4n) is 3.27. The van der Waals surface area contributed by atoms with Crippen molar-refractivity contribution in [2.24, 2.45) is 0 Å². The molecule has 29 heavy (non-hydrogen) atoms. The van der Waals surface area contributed by atoms with Crippen molar-refractivity contribution in [1.29, 1.82) is 0 Å². The number of anilines is 2. The maximum atomic E-state index is 14.5. The summed E-state index contributed by atoms with van der Waals surface area (Å²) in [7, 11) is 0. The van der Waals surface area contributed by atoms with Gasteiger partial charge in [-0.25, -0.2) is 13.2 Å². The Morgan fingerprint density at radius 3 is 2.55 bits per heavy atom. The molecule has 5 nitrogen and oxygen atoms in total. The Hall–Kier alpha value is -2.53. The van der Waals surface area contributed by atoms with Crippen LogP contribution in [0.2, 0.25) is 0 Å². The number of carbonyl (C=O) groups excluding carboxylic acids is 1. The maximum Gasteiger partial charge on any atom is 0.256 e. The molecule has 150 valence electrons. The monoisotopic (exact) mass is 513 g/mol. The number of benzene rings is 2. The number of H-pyrrole nitrogens is 1. The Bertz CT molecular complexity index is 1080. The van der Waals surface area contributed by atoms with Gasteiger partial charge in [0.1, 0.15) is 11.4 Å². The van der Waals surface area contributed by atoms with Crippen molar-refractivity contribution in [1.82, 2.24) is 9.88 Å². The SMILES string of the molecule is O=C(c1ccc(F)c(F)c1Nc1ccc(I)cc1F)N1CC(O)(c2ccc[nH]2)C1. The molecule has 1 aromatic heterocycles. The third-order valence-corrected chi connectivity index (χ3v) is 5.48. The summed E-state index contributed by atoms with van der Waals surface area (Å²) >= 11 is 1.92. The van der Waals surface area contributed by atoms with Crippen molar-refractivity contribution in [3.05, 3.63) is 80.9 Å². The van der Waals surface area contributed by atoms with E-state index in [2.05, 4.69) is 10.3 Å². The van der Waals surface area contributed by atoms with Crippen LogP contribution in [0.15, 0.2) is 48.7 Å². The minimum absolute atomic E-state index is 0.0112. The van der Waals surface area contributed by atoms with Crippen molar-refractivity contribution >= 4 is 39.9 Å². The van der Waals surface area contributed by atoms with Crippen molar-refractivity contribution in [3.8, 4) is 0 Å². The Balaban J connectivity index is 1.62. The number of aromatic nitrogens is 1. The number of aliphatic hydroxyl groups is 1. The van der Waals surface area contributed by atoms with Crippen LogP contribution in [0.5, 0.6) is 0 Å². The van der Waals surface area contributed by atoms with Gasteiger partial charge in [-0.05, 0) is 65.1 Å². The number of nitrogens with zero attached hydrogens (tertiary/aromatic N) is 1. The summed E-state index contributed by atoms with van der Waals surface area (Å²) in [5, 5.41) is 13.1. The summed E-state index contributed by atoms with van der Waals surface area (Å²) in [6.45, 7) is -0.0225.